The zero-order valence-electron chi connectivity index (χ0n) is 8.71. The zero-order chi connectivity index (χ0) is 11.5. The highest BCUT2D eigenvalue weighted by atomic mass is 16.2. The number of anilines is 1. The Balaban J connectivity index is 2.35. The lowest BCUT2D eigenvalue weighted by atomic mass is 10.4. The van der Waals surface area contributed by atoms with Crippen molar-refractivity contribution in [3.63, 3.8) is 0 Å². The standard InChI is InChI=1S/C9H10N6O/c1-14(6-2-5-10)8-4-3-7-11-12-9(16)15(7)13-8/h3-4H,2,6H2,1H3,(H,12,16). The van der Waals surface area contributed by atoms with Gasteiger partial charge in [-0.15, -0.1) is 5.10 Å². The van der Waals surface area contributed by atoms with Gasteiger partial charge >= 0.3 is 5.69 Å². The van der Waals surface area contributed by atoms with Gasteiger partial charge in [0, 0.05) is 13.6 Å². The van der Waals surface area contributed by atoms with Crippen LogP contribution in [0.3, 0.4) is 0 Å². The number of fused-ring (bicyclic) bond motifs is 1. The molecule has 0 saturated carbocycles. The number of hydrogen-bond donors (Lipinski definition) is 1. The van der Waals surface area contributed by atoms with Crippen LogP contribution in [-0.4, -0.2) is 33.4 Å². The number of nitriles is 1. The van der Waals surface area contributed by atoms with Crippen LogP contribution in [0.15, 0.2) is 16.9 Å². The van der Waals surface area contributed by atoms with E-state index in [2.05, 4.69) is 21.4 Å². The van der Waals surface area contributed by atoms with Crippen molar-refractivity contribution in [3.05, 3.63) is 22.6 Å². The minimum absolute atomic E-state index is 0.370. The van der Waals surface area contributed by atoms with E-state index < -0.39 is 0 Å². The molecule has 7 nitrogen and oxygen atoms in total. The molecule has 0 bridgehead atoms. The van der Waals surface area contributed by atoms with Gasteiger partial charge in [0.05, 0.1) is 12.5 Å². The van der Waals surface area contributed by atoms with E-state index in [0.29, 0.717) is 24.4 Å². The molecule has 2 aromatic heterocycles. The van der Waals surface area contributed by atoms with Crippen molar-refractivity contribution < 1.29 is 0 Å². The Bertz CT molecular complexity index is 592. The summed E-state index contributed by atoms with van der Waals surface area (Å²) in [5, 5.41) is 18.7. The quantitative estimate of drug-likeness (QED) is 0.768. The maximum Gasteiger partial charge on any atom is 0.364 e. The lowest BCUT2D eigenvalue weighted by molar-refractivity contribution is 0.818. The van der Waals surface area contributed by atoms with Crippen molar-refractivity contribution in [1.82, 2.24) is 19.8 Å². The van der Waals surface area contributed by atoms with Crippen LogP contribution in [0, 0.1) is 11.3 Å². The zero-order valence-corrected chi connectivity index (χ0v) is 8.71. The number of nitrogens with zero attached hydrogens (tertiary/aromatic N) is 5. The Morgan fingerprint density at radius 1 is 1.62 bits per heavy atom. The summed E-state index contributed by atoms with van der Waals surface area (Å²) in [6, 6.07) is 5.51. The van der Waals surface area contributed by atoms with Gasteiger partial charge in [-0.2, -0.15) is 14.9 Å². The number of nitrogens with one attached hydrogen (secondary N) is 1. The monoisotopic (exact) mass is 218 g/mol. The van der Waals surface area contributed by atoms with Crippen LogP contribution in [0.4, 0.5) is 5.82 Å². The number of H-pyrrole nitrogens is 1. The third-order valence-corrected chi connectivity index (χ3v) is 2.21. The molecule has 0 aliphatic rings. The maximum atomic E-state index is 11.3. The van der Waals surface area contributed by atoms with Gasteiger partial charge in [0.15, 0.2) is 5.65 Å². The summed E-state index contributed by atoms with van der Waals surface area (Å²) >= 11 is 0. The first kappa shape index (κ1) is 10.2. The lowest BCUT2D eigenvalue weighted by Crippen LogP contribution is -2.22. The highest BCUT2D eigenvalue weighted by Crippen LogP contribution is 2.08. The highest BCUT2D eigenvalue weighted by Gasteiger charge is 2.06. The summed E-state index contributed by atoms with van der Waals surface area (Å²) in [7, 11) is 1.82. The van der Waals surface area contributed by atoms with E-state index in [1.54, 1.807) is 12.1 Å². The lowest BCUT2D eigenvalue weighted by Gasteiger charge is -2.15. The molecule has 82 valence electrons. The molecule has 7 heteroatoms. The summed E-state index contributed by atoms with van der Waals surface area (Å²) in [4.78, 5) is 13.1. The normalized spacial score (nSPS) is 10.2. The average Bonchev–Trinajstić information content (AvgIpc) is 2.67. The Labute approximate surface area is 90.9 Å². The van der Waals surface area contributed by atoms with E-state index in [1.807, 2.05) is 11.9 Å². The molecular formula is C9H10N6O. The first-order valence-electron chi connectivity index (χ1n) is 4.75. The molecule has 0 unspecified atom stereocenters. The van der Waals surface area contributed by atoms with Gasteiger partial charge in [0.1, 0.15) is 5.82 Å². The molecule has 0 aliphatic heterocycles. The largest absolute Gasteiger partial charge is 0.364 e. The molecular weight excluding hydrogens is 208 g/mol. The molecule has 0 aliphatic carbocycles. The van der Waals surface area contributed by atoms with Gasteiger partial charge < -0.3 is 4.90 Å². The highest BCUT2D eigenvalue weighted by molar-refractivity contribution is 5.44. The Kier molecular flexibility index (Phi) is 2.55. The van der Waals surface area contributed by atoms with Crippen LogP contribution in [-0.2, 0) is 0 Å². The minimum Gasteiger partial charge on any atom is -0.357 e. The van der Waals surface area contributed by atoms with E-state index in [-0.39, 0.29) is 5.69 Å². The summed E-state index contributed by atoms with van der Waals surface area (Å²) in [6.45, 7) is 0.571. The maximum absolute atomic E-state index is 11.3. The average molecular weight is 218 g/mol. The van der Waals surface area contributed by atoms with Crippen molar-refractivity contribution in [3.8, 4) is 6.07 Å². The fourth-order valence-electron chi connectivity index (χ4n) is 1.33. The number of aromatic nitrogens is 4. The second kappa shape index (κ2) is 4.02. The first-order valence-corrected chi connectivity index (χ1v) is 4.75. The summed E-state index contributed by atoms with van der Waals surface area (Å²) in [6.07, 6.45) is 0.413. The third-order valence-electron chi connectivity index (χ3n) is 2.21. The van der Waals surface area contributed by atoms with Gasteiger partial charge in [0.25, 0.3) is 0 Å². The Morgan fingerprint density at radius 3 is 3.19 bits per heavy atom. The summed E-state index contributed by atoms with van der Waals surface area (Å²) < 4.78 is 1.19. The number of hydrogen-bond acceptors (Lipinski definition) is 5. The molecule has 0 saturated heterocycles. The molecule has 0 spiro atoms. The van der Waals surface area contributed by atoms with E-state index in [0.717, 1.165) is 0 Å². The second-order valence-corrected chi connectivity index (χ2v) is 3.32. The van der Waals surface area contributed by atoms with Crippen molar-refractivity contribution >= 4 is 11.5 Å². The molecule has 0 radical (unpaired) electrons. The molecule has 2 rings (SSSR count). The summed E-state index contributed by atoms with van der Waals surface area (Å²) in [5.74, 6) is 0.631. The van der Waals surface area contributed by atoms with Crippen molar-refractivity contribution in [1.29, 1.82) is 5.26 Å². The molecule has 0 fully saturated rings. The van der Waals surface area contributed by atoms with Gasteiger partial charge in [-0.25, -0.2) is 9.89 Å². The van der Waals surface area contributed by atoms with Crippen LogP contribution in [0.25, 0.3) is 5.65 Å². The fraction of sp³-hybridized carbons (Fsp3) is 0.333. The Hall–Kier alpha value is -2.36. The molecule has 2 aromatic rings. The van der Waals surface area contributed by atoms with Crippen LogP contribution >= 0.6 is 0 Å². The second-order valence-electron chi connectivity index (χ2n) is 3.32. The number of aromatic amines is 1. The van der Waals surface area contributed by atoms with Crippen LogP contribution in [0.2, 0.25) is 0 Å². The van der Waals surface area contributed by atoms with Crippen LogP contribution < -0.4 is 10.6 Å². The summed E-state index contributed by atoms with van der Waals surface area (Å²) in [5.41, 5.74) is 0.105. The third kappa shape index (κ3) is 1.72. The van der Waals surface area contributed by atoms with E-state index in [4.69, 9.17) is 5.26 Å². The van der Waals surface area contributed by atoms with Crippen LogP contribution in [0.1, 0.15) is 6.42 Å². The number of rotatable bonds is 3. The predicted molar refractivity (Wildman–Crippen MR) is 57.1 cm³/mol. The molecule has 0 amide bonds. The molecule has 2 heterocycles. The Morgan fingerprint density at radius 2 is 2.44 bits per heavy atom. The van der Waals surface area contributed by atoms with Crippen molar-refractivity contribution in [2.75, 3.05) is 18.5 Å². The van der Waals surface area contributed by atoms with Crippen molar-refractivity contribution in [2.24, 2.45) is 0 Å². The topological polar surface area (TPSA) is 90.1 Å². The van der Waals surface area contributed by atoms with E-state index >= 15 is 0 Å². The predicted octanol–water partition coefficient (Wildman–Crippen LogP) is -0.233. The molecule has 1 N–H and O–H groups in total. The van der Waals surface area contributed by atoms with Crippen LogP contribution in [0.5, 0.6) is 0 Å². The van der Waals surface area contributed by atoms with Gasteiger partial charge in [0.2, 0.25) is 0 Å². The SMILES string of the molecule is CN(CCC#N)c1ccc2n[nH]c(=O)n2n1. The van der Waals surface area contributed by atoms with Gasteiger partial charge in [-0.1, -0.05) is 0 Å². The van der Waals surface area contributed by atoms with E-state index in [1.165, 1.54) is 4.52 Å². The smallest absolute Gasteiger partial charge is 0.357 e. The fourth-order valence-corrected chi connectivity index (χ4v) is 1.33. The molecule has 16 heavy (non-hydrogen) atoms. The van der Waals surface area contributed by atoms with E-state index in [9.17, 15) is 4.79 Å². The molecule has 0 atom stereocenters. The first-order chi connectivity index (χ1) is 7.72. The van der Waals surface area contributed by atoms with Gasteiger partial charge in [-0.05, 0) is 12.1 Å². The van der Waals surface area contributed by atoms with Gasteiger partial charge in [-0.3, -0.25) is 0 Å². The molecule has 0 aromatic carbocycles. The minimum atomic E-state index is -0.370. The van der Waals surface area contributed by atoms with Crippen molar-refractivity contribution in [2.45, 2.75) is 6.42 Å².